The van der Waals surface area contributed by atoms with Crippen molar-refractivity contribution in [3.05, 3.63) is 71.9 Å². The Hall–Kier alpha value is -3.16. The zero-order valence-corrected chi connectivity index (χ0v) is 20.0. The Morgan fingerprint density at radius 1 is 1.18 bits per heavy atom. The lowest BCUT2D eigenvalue weighted by molar-refractivity contribution is 0.312. The van der Waals surface area contributed by atoms with Gasteiger partial charge in [0, 0.05) is 62.8 Å². The van der Waals surface area contributed by atoms with Gasteiger partial charge < -0.3 is 25.4 Å². The van der Waals surface area contributed by atoms with Crippen molar-refractivity contribution >= 4 is 22.4 Å². The van der Waals surface area contributed by atoms with Gasteiger partial charge in [-0.1, -0.05) is 25.3 Å². The van der Waals surface area contributed by atoms with Gasteiger partial charge in [-0.3, -0.25) is 0 Å². The van der Waals surface area contributed by atoms with Crippen molar-refractivity contribution in [3.8, 4) is 0 Å². The van der Waals surface area contributed by atoms with E-state index in [0.29, 0.717) is 0 Å². The summed E-state index contributed by atoms with van der Waals surface area (Å²) in [5, 5.41) is 6.63. The molecular weight excluding hydrogens is 410 g/mol. The molecule has 0 saturated carbocycles. The van der Waals surface area contributed by atoms with Gasteiger partial charge in [-0.2, -0.15) is 0 Å². The third kappa shape index (κ3) is 5.10. The predicted octanol–water partition coefficient (Wildman–Crippen LogP) is 3.25. The molecule has 2 aromatic heterocycles. The molecule has 0 atom stereocenters. The summed E-state index contributed by atoms with van der Waals surface area (Å²) in [6, 6.07) is 1.97. The van der Waals surface area contributed by atoms with Gasteiger partial charge >= 0.3 is 0 Å². The molecule has 0 bridgehead atoms. The van der Waals surface area contributed by atoms with Crippen molar-refractivity contribution < 1.29 is 0 Å². The lowest BCUT2D eigenvalue weighted by Crippen LogP contribution is -2.44. The van der Waals surface area contributed by atoms with E-state index >= 15 is 0 Å². The minimum atomic E-state index is 0.723. The lowest BCUT2D eigenvalue weighted by atomic mass is 10.00. The number of hydrogen-bond donors (Lipinski definition) is 3. The highest BCUT2D eigenvalue weighted by atomic mass is 15.3. The first-order valence-corrected chi connectivity index (χ1v) is 11.6. The molecule has 2 aromatic rings. The van der Waals surface area contributed by atoms with Gasteiger partial charge in [0.05, 0.1) is 5.52 Å². The molecular formula is C26H35N7. The first-order valence-electron chi connectivity index (χ1n) is 11.6. The van der Waals surface area contributed by atoms with Crippen molar-refractivity contribution in [2.24, 2.45) is 0 Å². The van der Waals surface area contributed by atoms with E-state index < -0.39 is 0 Å². The Balaban J connectivity index is 1.56. The topological polar surface area (TPSA) is 72.1 Å². The maximum atomic E-state index is 4.89. The number of nitrogens with one attached hydrogen (secondary N) is 3. The summed E-state index contributed by atoms with van der Waals surface area (Å²) in [5.41, 5.74) is 7.02. The Kier molecular flexibility index (Phi) is 7.11. The van der Waals surface area contributed by atoms with Crippen LogP contribution in [-0.2, 0) is 0 Å². The largest absolute Gasteiger partial charge is 0.388 e. The van der Waals surface area contributed by atoms with Gasteiger partial charge in [0.25, 0.3) is 0 Å². The van der Waals surface area contributed by atoms with E-state index in [4.69, 9.17) is 4.98 Å². The van der Waals surface area contributed by atoms with Gasteiger partial charge in [0.2, 0.25) is 0 Å². The van der Waals surface area contributed by atoms with Crippen LogP contribution in [0.25, 0.3) is 16.6 Å². The Labute approximate surface area is 196 Å². The van der Waals surface area contributed by atoms with Crippen LogP contribution in [0.4, 0.5) is 5.82 Å². The summed E-state index contributed by atoms with van der Waals surface area (Å²) in [7, 11) is 4.06. The van der Waals surface area contributed by atoms with Gasteiger partial charge in [0.15, 0.2) is 5.82 Å². The summed E-state index contributed by atoms with van der Waals surface area (Å²) < 4.78 is 0. The third-order valence-corrected chi connectivity index (χ3v) is 6.50. The molecule has 0 radical (unpaired) electrons. The number of piperazine rings is 1. The van der Waals surface area contributed by atoms with E-state index in [-0.39, 0.29) is 0 Å². The molecule has 33 heavy (non-hydrogen) atoms. The smallest absolute Gasteiger partial charge is 0.156 e. The molecule has 0 amide bonds. The highest BCUT2D eigenvalue weighted by molar-refractivity contribution is 5.90. The van der Waals surface area contributed by atoms with E-state index in [1.165, 1.54) is 11.1 Å². The molecule has 0 unspecified atom stereocenters. The number of aromatic nitrogens is 3. The second-order valence-corrected chi connectivity index (χ2v) is 8.73. The van der Waals surface area contributed by atoms with Crippen LogP contribution >= 0.6 is 0 Å². The molecule has 174 valence electrons. The number of nitrogens with zero attached hydrogens (tertiary/aromatic N) is 4. The van der Waals surface area contributed by atoms with E-state index in [1.807, 2.05) is 19.3 Å². The summed E-state index contributed by atoms with van der Waals surface area (Å²) in [4.78, 5) is 17.6. The summed E-state index contributed by atoms with van der Waals surface area (Å²) in [5.74, 6) is 1.65. The standard InChI is InChI=1S/C26H35N7/c1-18(21-8-11-28-12-9-21)6-7-22(27-4)19(2)20(3)25-30-23-10-13-29-26(24(23)31-25)33-16-14-32(5)15-17-33/h6-8,10,13,27-28H,2-3,9,11-12,14-17H2,1,4-5H3,(H,30,31)/b18-6+,22-7+. The number of rotatable bonds is 7. The zero-order valence-electron chi connectivity index (χ0n) is 20.0. The van der Waals surface area contributed by atoms with Crippen molar-refractivity contribution in [1.82, 2.24) is 30.5 Å². The van der Waals surface area contributed by atoms with Gasteiger partial charge in [-0.05, 0) is 50.2 Å². The first kappa shape index (κ1) is 23.0. The zero-order chi connectivity index (χ0) is 23.4. The van der Waals surface area contributed by atoms with Crippen molar-refractivity contribution in [1.29, 1.82) is 0 Å². The van der Waals surface area contributed by atoms with Crippen LogP contribution in [0.1, 0.15) is 19.2 Å². The predicted molar refractivity (Wildman–Crippen MR) is 138 cm³/mol. The molecule has 0 aromatic carbocycles. The van der Waals surface area contributed by atoms with Crippen LogP contribution in [0.15, 0.2) is 66.1 Å². The quantitative estimate of drug-likeness (QED) is 0.569. The van der Waals surface area contributed by atoms with Crippen LogP contribution in [0.3, 0.4) is 0 Å². The van der Waals surface area contributed by atoms with Gasteiger partial charge in [0.1, 0.15) is 11.3 Å². The molecule has 0 spiro atoms. The third-order valence-electron chi connectivity index (χ3n) is 6.50. The van der Waals surface area contributed by atoms with E-state index in [9.17, 15) is 0 Å². The van der Waals surface area contributed by atoms with Crippen molar-refractivity contribution in [2.45, 2.75) is 13.3 Å². The number of hydrogen-bond acceptors (Lipinski definition) is 6. The molecule has 7 nitrogen and oxygen atoms in total. The molecule has 1 fully saturated rings. The van der Waals surface area contributed by atoms with Gasteiger partial charge in [-0.15, -0.1) is 0 Å². The fraction of sp³-hybridized carbons (Fsp3) is 0.385. The minimum Gasteiger partial charge on any atom is -0.388 e. The average molecular weight is 446 g/mol. The number of likely N-dealkylation sites (N-methyl/N-ethyl adjacent to an activating group) is 2. The SMILES string of the molecule is C=C(C(=C)c1nc2c(N3CCN(C)CC3)nccc2[nH]1)/C(=C\C=C(/C)C1=CCNCC1)NC. The average Bonchev–Trinajstić information content (AvgIpc) is 3.29. The van der Waals surface area contributed by atoms with Crippen molar-refractivity contribution in [3.63, 3.8) is 0 Å². The maximum absolute atomic E-state index is 4.89. The van der Waals surface area contributed by atoms with Crippen LogP contribution in [0, 0.1) is 0 Å². The number of fused-ring (bicyclic) bond motifs is 1. The number of pyridine rings is 1. The van der Waals surface area contributed by atoms with E-state index in [2.05, 4.69) is 75.8 Å². The Morgan fingerprint density at radius 3 is 2.67 bits per heavy atom. The summed E-state index contributed by atoms with van der Waals surface area (Å²) >= 11 is 0. The molecule has 3 N–H and O–H groups in total. The van der Waals surface area contributed by atoms with E-state index in [1.54, 1.807) is 0 Å². The lowest BCUT2D eigenvalue weighted by Gasteiger charge is -2.33. The number of aromatic amines is 1. The molecule has 7 heteroatoms. The highest BCUT2D eigenvalue weighted by Gasteiger charge is 2.20. The monoisotopic (exact) mass is 445 g/mol. The van der Waals surface area contributed by atoms with Crippen LogP contribution < -0.4 is 15.5 Å². The molecule has 0 aliphatic carbocycles. The van der Waals surface area contributed by atoms with Crippen LogP contribution in [-0.4, -0.2) is 73.2 Å². The highest BCUT2D eigenvalue weighted by Crippen LogP contribution is 2.29. The molecule has 2 aliphatic heterocycles. The van der Waals surface area contributed by atoms with Crippen LogP contribution in [0.2, 0.25) is 0 Å². The molecule has 4 rings (SSSR count). The van der Waals surface area contributed by atoms with Gasteiger partial charge in [-0.25, -0.2) is 9.97 Å². The fourth-order valence-electron chi connectivity index (χ4n) is 4.25. The number of imidazole rings is 1. The van der Waals surface area contributed by atoms with E-state index in [0.717, 1.165) is 85.2 Å². The number of allylic oxidation sites excluding steroid dienone is 4. The molecule has 1 saturated heterocycles. The Bertz CT molecular complexity index is 1130. The van der Waals surface area contributed by atoms with Crippen molar-refractivity contribution in [2.75, 3.05) is 58.3 Å². The maximum Gasteiger partial charge on any atom is 0.156 e. The number of anilines is 1. The normalized spacial score (nSPS) is 18.4. The Morgan fingerprint density at radius 2 is 1.97 bits per heavy atom. The fourth-order valence-corrected chi connectivity index (χ4v) is 4.25. The first-order chi connectivity index (χ1) is 16.0. The summed E-state index contributed by atoms with van der Waals surface area (Å²) in [6.07, 6.45) is 9.39. The van der Waals surface area contributed by atoms with Crippen LogP contribution in [0.5, 0.6) is 0 Å². The molecule has 2 aliphatic rings. The summed E-state index contributed by atoms with van der Waals surface area (Å²) in [6.45, 7) is 16.7. The second kappa shape index (κ2) is 10.2. The minimum absolute atomic E-state index is 0.723. The molecule has 4 heterocycles. The number of H-pyrrole nitrogens is 1. The second-order valence-electron chi connectivity index (χ2n) is 8.73.